The minimum atomic E-state index is 0.484. The van der Waals surface area contributed by atoms with Gasteiger partial charge in [0.25, 0.3) is 0 Å². The lowest BCUT2D eigenvalue weighted by atomic mass is 9.78. The summed E-state index contributed by atoms with van der Waals surface area (Å²) in [7, 11) is 0. The molecule has 0 aliphatic rings. The molecular weight excluding hydrogens is 1070 g/mol. The predicted octanol–water partition coefficient (Wildman–Crippen LogP) is 34.5. The highest BCUT2D eigenvalue weighted by atomic mass is 14.3. The minimum absolute atomic E-state index is 0.484. The fraction of sp³-hybridized carbons (Fsp3) is 1.00. The van der Waals surface area contributed by atoms with E-state index in [1.807, 2.05) is 0 Å². The highest BCUT2D eigenvalue weighted by Crippen LogP contribution is 2.33. The van der Waals surface area contributed by atoms with E-state index in [2.05, 4.69) is 249 Å². The number of rotatable bonds is 35. The van der Waals surface area contributed by atoms with Gasteiger partial charge in [-0.2, -0.15) is 0 Å². The van der Waals surface area contributed by atoms with Crippen LogP contribution < -0.4 is 0 Å². The van der Waals surface area contributed by atoms with Gasteiger partial charge < -0.3 is 0 Å². The fourth-order valence-electron chi connectivity index (χ4n) is 11.7. The maximum absolute atomic E-state index is 2.35. The maximum atomic E-state index is 2.35. The summed E-state index contributed by atoms with van der Waals surface area (Å²) in [5, 5.41) is 0. The summed E-state index contributed by atoms with van der Waals surface area (Å²) < 4.78 is 0. The molecule has 0 aliphatic carbocycles. The Morgan fingerprint density at radius 1 is 0.0899 bits per heavy atom. The summed E-state index contributed by atoms with van der Waals surface area (Å²) in [6.45, 7) is 84.0. The van der Waals surface area contributed by atoms with E-state index in [0.717, 1.165) is 0 Å². The van der Waals surface area contributed by atoms with Gasteiger partial charge in [0.1, 0.15) is 0 Å². The molecule has 0 heterocycles. The van der Waals surface area contributed by atoms with E-state index in [4.69, 9.17) is 0 Å². The van der Waals surface area contributed by atoms with Gasteiger partial charge in [-0.25, -0.2) is 0 Å². The van der Waals surface area contributed by atoms with Gasteiger partial charge in [0.05, 0.1) is 0 Å². The molecule has 0 bridgehead atoms. The third-order valence-corrected chi connectivity index (χ3v) is 16.6. The average Bonchev–Trinajstić information content (AvgIpc) is 3.49. The van der Waals surface area contributed by atoms with Crippen LogP contribution in [0.5, 0.6) is 0 Å². The van der Waals surface area contributed by atoms with Crippen molar-refractivity contribution in [1.82, 2.24) is 0 Å². The van der Waals surface area contributed by atoms with Crippen LogP contribution in [0.3, 0.4) is 0 Å². The van der Waals surface area contributed by atoms with Crippen molar-refractivity contribution in [2.75, 3.05) is 0 Å². The summed E-state index contributed by atoms with van der Waals surface area (Å²) in [5.74, 6) is 0. The molecule has 0 saturated heterocycles. The van der Waals surface area contributed by atoms with Crippen LogP contribution in [0.2, 0.25) is 0 Å². The van der Waals surface area contributed by atoms with E-state index >= 15 is 0 Å². The van der Waals surface area contributed by atoms with Crippen molar-refractivity contribution in [2.45, 2.75) is 513 Å². The molecule has 0 atom stereocenters. The number of hydrogen-bond donors (Lipinski definition) is 0. The van der Waals surface area contributed by atoms with Crippen LogP contribution in [0.25, 0.3) is 0 Å². The first-order valence-corrected chi connectivity index (χ1v) is 39.7. The Balaban J connectivity index is -0.000000234. The van der Waals surface area contributed by atoms with Gasteiger partial charge in [0.2, 0.25) is 0 Å². The molecule has 0 aliphatic heterocycles. The summed E-state index contributed by atoms with van der Waals surface area (Å²) >= 11 is 0. The van der Waals surface area contributed by atoms with Crippen LogP contribution in [0, 0.1) is 65.0 Å². The van der Waals surface area contributed by atoms with Crippen molar-refractivity contribution >= 4 is 0 Å². The largest absolute Gasteiger partial charge is 0.0602 e. The van der Waals surface area contributed by atoms with Crippen molar-refractivity contribution in [2.24, 2.45) is 65.0 Å². The highest BCUT2D eigenvalue weighted by Gasteiger charge is 2.21. The van der Waals surface area contributed by atoms with Gasteiger partial charge in [-0.1, -0.05) is 442 Å². The lowest BCUT2D eigenvalue weighted by Gasteiger charge is -2.28. The van der Waals surface area contributed by atoms with Crippen molar-refractivity contribution in [3.8, 4) is 0 Å². The van der Waals surface area contributed by atoms with Crippen molar-refractivity contribution in [3.05, 3.63) is 0 Å². The van der Waals surface area contributed by atoms with Crippen molar-refractivity contribution in [1.29, 1.82) is 0 Å². The lowest BCUT2D eigenvalue weighted by molar-refractivity contribution is 0.233. The molecule has 0 aromatic rings. The number of hydrogen-bond acceptors (Lipinski definition) is 0. The fourth-order valence-corrected chi connectivity index (χ4v) is 11.7. The van der Waals surface area contributed by atoms with E-state index in [1.54, 1.807) is 0 Å². The lowest BCUT2D eigenvalue weighted by Crippen LogP contribution is -2.16. The summed E-state index contributed by atoms with van der Waals surface area (Å²) in [4.78, 5) is 0. The molecule has 0 saturated carbocycles. The second-order valence-electron chi connectivity index (χ2n) is 44.0. The third kappa shape index (κ3) is 129. The van der Waals surface area contributed by atoms with Crippen LogP contribution in [0.4, 0.5) is 0 Å². The average molecular weight is 1260 g/mol. The Morgan fingerprint density at radius 3 is 0.202 bits per heavy atom. The molecule has 0 radical (unpaired) electrons. The summed E-state index contributed by atoms with van der Waals surface area (Å²) in [5.41, 5.74) is 6.30. The van der Waals surface area contributed by atoms with E-state index in [9.17, 15) is 0 Å². The topological polar surface area (TPSA) is 0 Å². The SMILES string of the molecule is CC(C)(C)CC(C)(C)C.CC(C)(C)CCCCCCC(C)(C)C.CC(C)(C)CCCCCCCC(C)(C)C.CC(C)(C)CCCCCCCCC(C)(C)C.CC(C)(C)CCCCCCCCCC(C)(C)C.CC(C)(C)CCCCCCCCCCC(C)(C)C. The third-order valence-electron chi connectivity index (χ3n) is 16.6. The molecule has 0 unspecified atom stereocenters. The van der Waals surface area contributed by atoms with Crippen LogP contribution in [0.1, 0.15) is 513 Å². The quantitative estimate of drug-likeness (QED) is 0.0555. The van der Waals surface area contributed by atoms with Gasteiger partial charge in [-0.05, 0) is 136 Å². The normalized spacial score (nSPS) is 13.2. The van der Waals surface area contributed by atoms with Crippen LogP contribution in [0.15, 0.2) is 0 Å². The van der Waals surface area contributed by atoms with E-state index < -0.39 is 0 Å². The van der Waals surface area contributed by atoms with Crippen molar-refractivity contribution < 1.29 is 0 Å². The molecule has 546 valence electrons. The zero-order valence-corrected chi connectivity index (χ0v) is 71.0. The molecule has 0 amide bonds. The molecule has 0 aromatic carbocycles. The molecule has 0 spiro atoms. The molecule has 0 rings (SSSR count). The predicted molar refractivity (Wildman–Crippen MR) is 423 cm³/mol. The van der Waals surface area contributed by atoms with Gasteiger partial charge in [0.15, 0.2) is 0 Å². The Bertz CT molecular complexity index is 1320. The van der Waals surface area contributed by atoms with E-state index in [1.165, 1.54) is 263 Å². The molecule has 0 fully saturated rings. The standard InChI is InChI=1S/C18H38.C17H36.C16H34.C15H32.C14H30.C9H20/c1-17(2,3)15-13-11-9-7-8-10-12-14-16-18(4,5)6;1-16(2,3)14-12-10-8-7-9-11-13-15-17(4,5)6;1-15(2,3)13-11-9-7-8-10-12-14-16(4,5)6;1-14(2,3)12-10-8-7-9-11-13-15(4,5)6;1-13(2,3)11-9-7-8-10-12-14(4,5)6;1-8(2,3)7-9(4,5)6/h7-16H2,1-6H3;7-15H2,1-6H3;7-14H2,1-6H3;7-13H2,1-6H3;7-12H2,1-6H3;7H2,1-6H3. The smallest absolute Gasteiger partial charge is 0.0378 e. The first-order valence-electron chi connectivity index (χ1n) is 39.7. The monoisotopic (exact) mass is 1260 g/mol. The van der Waals surface area contributed by atoms with Crippen LogP contribution in [-0.2, 0) is 0 Å². The molecule has 0 nitrogen and oxygen atoms in total. The molecule has 89 heavy (non-hydrogen) atoms. The zero-order valence-electron chi connectivity index (χ0n) is 71.0. The second-order valence-corrected chi connectivity index (χ2v) is 44.0. The first-order chi connectivity index (χ1) is 39.7. The molecule has 0 aromatic heterocycles. The number of unbranched alkanes of at least 4 members (excludes halogenated alkanes) is 25. The summed E-state index contributed by atoms with van der Waals surface area (Å²) in [6.07, 6.45) is 58.2. The van der Waals surface area contributed by atoms with Gasteiger partial charge in [-0.15, -0.1) is 0 Å². The highest BCUT2D eigenvalue weighted by molar-refractivity contribution is 4.72. The molecule has 0 N–H and O–H groups in total. The maximum Gasteiger partial charge on any atom is -0.0378 e. The van der Waals surface area contributed by atoms with E-state index in [0.29, 0.717) is 65.0 Å². The van der Waals surface area contributed by atoms with Crippen LogP contribution in [-0.4, -0.2) is 0 Å². The molecular formula is C89H190. The minimum Gasteiger partial charge on any atom is -0.0602 e. The first kappa shape index (κ1) is 100. The Labute approximate surface area is 574 Å². The zero-order chi connectivity index (χ0) is 71.0. The van der Waals surface area contributed by atoms with E-state index in [-0.39, 0.29) is 0 Å². The molecule has 0 heteroatoms. The Morgan fingerprint density at radius 2 is 0.157 bits per heavy atom. The Kier molecular flexibility index (Phi) is 58.6. The van der Waals surface area contributed by atoms with Crippen LogP contribution >= 0.6 is 0 Å². The summed E-state index contributed by atoms with van der Waals surface area (Å²) in [6, 6.07) is 0. The van der Waals surface area contributed by atoms with Gasteiger partial charge >= 0.3 is 0 Å². The Hall–Kier alpha value is 0. The van der Waals surface area contributed by atoms with Gasteiger partial charge in [-0.3, -0.25) is 0 Å². The van der Waals surface area contributed by atoms with Gasteiger partial charge in [0, 0.05) is 0 Å². The second kappa shape index (κ2) is 52.2. The van der Waals surface area contributed by atoms with Crippen molar-refractivity contribution in [3.63, 3.8) is 0 Å².